The topological polar surface area (TPSA) is 36.9 Å². The van der Waals surface area contributed by atoms with Gasteiger partial charge in [0.15, 0.2) is 29.2 Å². The Morgan fingerprint density at radius 3 is 2.56 bits per heavy atom. The first-order valence-corrected chi connectivity index (χ1v) is 8.38. The van der Waals surface area contributed by atoms with Gasteiger partial charge in [-0.25, -0.2) is 22.6 Å². The number of likely N-dealkylation sites (tertiary alicyclic amines) is 1. The van der Waals surface area contributed by atoms with Gasteiger partial charge in [-0.05, 0) is 19.8 Å². The van der Waals surface area contributed by atoms with Gasteiger partial charge in [0, 0.05) is 37.7 Å². The minimum atomic E-state index is -1.42. The predicted octanol–water partition coefficient (Wildman–Crippen LogP) is 2.82. The highest BCUT2D eigenvalue weighted by Gasteiger charge is 2.42. The number of rotatable bonds is 3. The Hall–Kier alpha value is -1.83. The third-order valence-electron chi connectivity index (χ3n) is 4.85. The lowest BCUT2D eigenvalue weighted by Crippen LogP contribution is -2.41. The first kappa shape index (κ1) is 18.0. The van der Waals surface area contributed by atoms with Gasteiger partial charge < -0.3 is 15.0 Å². The summed E-state index contributed by atoms with van der Waals surface area (Å²) >= 11 is 0. The van der Waals surface area contributed by atoms with Crippen LogP contribution < -0.4 is 5.32 Å². The van der Waals surface area contributed by atoms with E-state index in [2.05, 4.69) is 10.3 Å². The lowest BCUT2D eigenvalue weighted by atomic mass is 9.87. The summed E-state index contributed by atoms with van der Waals surface area (Å²) in [5.41, 5.74) is -0.608. The summed E-state index contributed by atoms with van der Waals surface area (Å²) in [6.07, 6.45) is 1.93. The van der Waals surface area contributed by atoms with Gasteiger partial charge in [-0.1, -0.05) is 0 Å². The summed E-state index contributed by atoms with van der Waals surface area (Å²) in [6.45, 7) is 4.89. The van der Waals surface area contributed by atoms with Gasteiger partial charge in [-0.2, -0.15) is 0 Å². The molecule has 2 fully saturated rings. The summed E-state index contributed by atoms with van der Waals surface area (Å²) in [7, 11) is 0. The molecule has 3 rings (SSSR count). The number of ether oxygens (including phenoxy) is 1. The van der Waals surface area contributed by atoms with Crippen LogP contribution in [-0.2, 0) is 11.3 Å². The SMILES string of the molecule is CCNC(=NCc1c(F)c(F)cc(F)c1F)N1CCC2(CCOC2)C1. The molecule has 138 valence electrons. The third kappa shape index (κ3) is 3.58. The van der Waals surface area contributed by atoms with Crippen LogP contribution in [0.25, 0.3) is 0 Å². The molecule has 4 nitrogen and oxygen atoms in total. The van der Waals surface area contributed by atoms with Gasteiger partial charge in [-0.3, -0.25) is 0 Å². The lowest BCUT2D eigenvalue weighted by molar-refractivity contribution is 0.156. The van der Waals surface area contributed by atoms with Crippen molar-refractivity contribution in [2.45, 2.75) is 26.3 Å². The van der Waals surface area contributed by atoms with Crippen LogP contribution in [0.15, 0.2) is 11.1 Å². The Labute approximate surface area is 143 Å². The average Bonchev–Trinajstić information content (AvgIpc) is 3.22. The summed E-state index contributed by atoms with van der Waals surface area (Å²) in [4.78, 5) is 6.21. The molecule has 1 unspecified atom stereocenters. The highest BCUT2D eigenvalue weighted by molar-refractivity contribution is 5.80. The summed E-state index contributed by atoms with van der Waals surface area (Å²) < 4.78 is 59.7. The molecule has 2 heterocycles. The molecule has 0 amide bonds. The number of hydrogen-bond donors (Lipinski definition) is 1. The molecule has 1 atom stereocenters. The molecule has 0 aromatic heterocycles. The van der Waals surface area contributed by atoms with Gasteiger partial charge in [0.25, 0.3) is 0 Å². The van der Waals surface area contributed by atoms with Gasteiger partial charge in [0.05, 0.1) is 18.7 Å². The average molecular weight is 359 g/mol. The van der Waals surface area contributed by atoms with Crippen molar-refractivity contribution < 1.29 is 22.3 Å². The van der Waals surface area contributed by atoms with E-state index in [4.69, 9.17) is 4.74 Å². The normalized spacial score (nSPS) is 23.7. The zero-order chi connectivity index (χ0) is 18.0. The first-order chi connectivity index (χ1) is 12.0. The van der Waals surface area contributed by atoms with E-state index in [1.807, 2.05) is 11.8 Å². The minimum Gasteiger partial charge on any atom is -0.381 e. The largest absolute Gasteiger partial charge is 0.381 e. The van der Waals surface area contributed by atoms with E-state index in [9.17, 15) is 17.6 Å². The fourth-order valence-corrected chi connectivity index (χ4v) is 3.43. The zero-order valence-electron chi connectivity index (χ0n) is 14.0. The van der Waals surface area contributed by atoms with Crippen LogP contribution in [0.5, 0.6) is 0 Å². The fraction of sp³-hybridized carbons (Fsp3) is 0.588. The maximum Gasteiger partial charge on any atom is 0.194 e. The minimum absolute atomic E-state index is 0.0949. The molecule has 25 heavy (non-hydrogen) atoms. The van der Waals surface area contributed by atoms with Crippen LogP contribution in [0.4, 0.5) is 17.6 Å². The van der Waals surface area contributed by atoms with E-state index in [0.717, 1.165) is 32.5 Å². The molecule has 2 aliphatic heterocycles. The molecule has 1 aromatic carbocycles. The van der Waals surface area contributed by atoms with E-state index in [0.29, 0.717) is 19.1 Å². The Balaban J connectivity index is 1.80. The van der Waals surface area contributed by atoms with Gasteiger partial charge in [0.2, 0.25) is 0 Å². The summed E-state index contributed by atoms with van der Waals surface area (Å²) in [5.74, 6) is -5.16. The molecule has 1 spiro atoms. The summed E-state index contributed by atoms with van der Waals surface area (Å²) in [6, 6.07) is 0.202. The molecular formula is C17H21F4N3O. The Morgan fingerprint density at radius 1 is 1.24 bits per heavy atom. The van der Waals surface area contributed by atoms with Crippen molar-refractivity contribution in [2.75, 3.05) is 32.8 Å². The quantitative estimate of drug-likeness (QED) is 0.390. The van der Waals surface area contributed by atoms with Crippen molar-refractivity contribution in [2.24, 2.45) is 10.4 Å². The number of guanidine groups is 1. The molecule has 2 saturated heterocycles. The second-order valence-electron chi connectivity index (χ2n) is 6.59. The molecule has 0 saturated carbocycles. The highest BCUT2D eigenvalue weighted by Crippen LogP contribution is 2.38. The van der Waals surface area contributed by atoms with Crippen molar-refractivity contribution >= 4 is 5.96 Å². The third-order valence-corrected chi connectivity index (χ3v) is 4.85. The van der Waals surface area contributed by atoms with Crippen molar-refractivity contribution in [1.29, 1.82) is 0 Å². The van der Waals surface area contributed by atoms with Crippen LogP contribution in [0.1, 0.15) is 25.3 Å². The van der Waals surface area contributed by atoms with Crippen molar-refractivity contribution in [3.8, 4) is 0 Å². The smallest absolute Gasteiger partial charge is 0.194 e. The number of benzene rings is 1. The van der Waals surface area contributed by atoms with Crippen molar-refractivity contribution in [1.82, 2.24) is 10.2 Å². The molecule has 1 aromatic rings. The number of hydrogen-bond acceptors (Lipinski definition) is 2. The maximum absolute atomic E-state index is 13.8. The first-order valence-electron chi connectivity index (χ1n) is 8.38. The predicted molar refractivity (Wildman–Crippen MR) is 85.1 cm³/mol. The number of aliphatic imine (C=N–C) groups is 1. The Morgan fingerprint density at radius 2 is 1.96 bits per heavy atom. The standard InChI is InChI=1S/C17H21F4N3O/c1-2-22-16(24-5-3-17(9-24)4-6-25-10-17)23-8-11-14(20)12(18)7-13(19)15(11)21/h7H,2-6,8-10H2,1H3,(H,22,23). The van der Waals surface area contributed by atoms with Crippen molar-refractivity contribution in [3.05, 3.63) is 34.9 Å². The van der Waals surface area contributed by atoms with E-state index in [1.54, 1.807) is 0 Å². The van der Waals surface area contributed by atoms with Crippen LogP contribution in [0.2, 0.25) is 0 Å². The van der Waals surface area contributed by atoms with E-state index in [1.165, 1.54) is 0 Å². The van der Waals surface area contributed by atoms with Gasteiger partial charge >= 0.3 is 0 Å². The number of halogens is 4. The van der Waals surface area contributed by atoms with Gasteiger partial charge in [0.1, 0.15) is 0 Å². The van der Waals surface area contributed by atoms with Gasteiger partial charge in [-0.15, -0.1) is 0 Å². The molecule has 2 aliphatic rings. The number of nitrogens with one attached hydrogen (secondary N) is 1. The Bertz CT molecular complexity index is 648. The van der Waals surface area contributed by atoms with Crippen molar-refractivity contribution in [3.63, 3.8) is 0 Å². The van der Waals surface area contributed by atoms with Crippen LogP contribution in [0, 0.1) is 28.7 Å². The molecule has 0 aliphatic carbocycles. The highest BCUT2D eigenvalue weighted by atomic mass is 19.2. The molecule has 0 bridgehead atoms. The molecule has 0 radical (unpaired) electrons. The molecular weight excluding hydrogens is 338 g/mol. The second kappa shape index (κ2) is 7.19. The van der Waals surface area contributed by atoms with Crippen LogP contribution >= 0.6 is 0 Å². The number of nitrogens with zero attached hydrogens (tertiary/aromatic N) is 2. The maximum atomic E-state index is 13.8. The molecule has 8 heteroatoms. The van der Waals surface area contributed by atoms with E-state index < -0.39 is 35.4 Å². The lowest BCUT2D eigenvalue weighted by Gasteiger charge is -2.25. The zero-order valence-corrected chi connectivity index (χ0v) is 14.0. The van der Waals surface area contributed by atoms with Crippen LogP contribution in [0.3, 0.4) is 0 Å². The monoisotopic (exact) mass is 359 g/mol. The van der Waals surface area contributed by atoms with E-state index >= 15 is 0 Å². The van der Waals surface area contributed by atoms with Crippen LogP contribution in [-0.4, -0.2) is 43.7 Å². The second-order valence-corrected chi connectivity index (χ2v) is 6.59. The van der Waals surface area contributed by atoms with E-state index in [-0.39, 0.29) is 11.5 Å². The summed E-state index contributed by atoms with van der Waals surface area (Å²) in [5, 5.41) is 3.07. The fourth-order valence-electron chi connectivity index (χ4n) is 3.43. The Kier molecular flexibility index (Phi) is 5.17. The molecule has 1 N–H and O–H groups in total.